The van der Waals surface area contributed by atoms with Crippen molar-refractivity contribution in [3.05, 3.63) is 106 Å². The zero-order chi connectivity index (χ0) is 18.4. The topological polar surface area (TPSA) is 26.3 Å². The molecule has 0 radical (unpaired) electrons. The van der Waals surface area contributed by atoms with Crippen LogP contribution < -0.4 is 0 Å². The molecule has 0 aromatic heterocycles. The minimum atomic E-state index is -0.256. The second-order valence-electron chi connectivity index (χ2n) is 5.99. The Labute approximate surface area is 163 Å². The Morgan fingerprint density at radius 3 is 1.92 bits per heavy atom. The summed E-state index contributed by atoms with van der Waals surface area (Å²) in [5, 5.41) is 0.932. The molecule has 0 amide bonds. The lowest BCUT2D eigenvalue weighted by molar-refractivity contribution is -0.145. The largest absolute Gasteiger partial charge is 0.461 e. The highest BCUT2D eigenvalue weighted by Crippen LogP contribution is 2.28. The van der Waals surface area contributed by atoms with E-state index in [2.05, 4.69) is 0 Å². The van der Waals surface area contributed by atoms with Crippen LogP contribution in [-0.2, 0) is 16.1 Å². The highest BCUT2D eigenvalue weighted by Gasteiger charge is 2.19. The molecule has 0 aliphatic rings. The highest BCUT2D eigenvalue weighted by molar-refractivity contribution is 6.42. The third-order valence-corrected chi connectivity index (χ3v) is 4.90. The van der Waals surface area contributed by atoms with Crippen LogP contribution in [0.1, 0.15) is 29.0 Å². The van der Waals surface area contributed by atoms with Crippen molar-refractivity contribution in [3.8, 4) is 0 Å². The molecule has 2 nitrogen and oxygen atoms in total. The first kappa shape index (κ1) is 18.5. The van der Waals surface area contributed by atoms with Crippen molar-refractivity contribution >= 4 is 29.2 Å². The molecule has 0 aliphatic heterocycles. The molecule has 3 rings (SSSR count). The van der Waals surface area contributed by atoms with Crippen LogP contribution >= 0.6 is 23.2 Å². The van der Waals surface area contributed by atoms with Crippen molar-refractivity contribution in [2.24, 2.45) is 0 Å². The Bertz CT molecular complexity index is 824. The Morgan fingerprint density at radius 1 is 0.808 bits per heavy atom. The summed E-state index contributed by atoms with van der Waals surface area (Å²) in [7, 11) is 0. The molecule has 0 saturated carbocycles. The predicted octanol–water partition coefficient (Wildman–Crippen LogP) is 6.26. The number of benzene rings is 3. The van der Waals surface area contributed by atoms with E-state index in [1.807, 2.05) is 60.7 Å². The van der Waals surface area contributed by atoms with Crippen LogP contribution in [0.2, 0.25) is 10.0 Å². The third-order valence-electron chi connectivity index (χ3n) is 4.16. The number of esters is 1. The molecule has 26 heavy (non-hydrogen) atoms. The van der Waals surface area contributed by atoms with Gasteiger partial charge in [0.2, 0.25) is 0 Å². The van der Waals surface area contributed by atoms with Gasteiger partial charge in [0.15, 0.2) is 0 Å². The number of halogens is 2. The van der Waals surface area contributed by atoms with Gasteiger partial charge in [0.25, 0.3) is 0 Å². The van der Waals surface area contributed by atoms with E-state index in [0.717, 1.165) is 16.7 Å². The van der Waals surface area contributed by atoms with E-state index < -0.39 is 0 Å². The zero-order valence-corrected chi connectivity index (χ0v) is 15.6. The van der Waals surface area contributed by atoms with Crippen molar-refractivity contribution in [2.45, 2.75) is 18.9 Å². The van der Waals surface area contributed by atoms with Crippen molar-refractivity contribution in [3.63, 3.8) is 0 Å². The normalized spacial score (nSPS) is 10.7. The van der Waals surface area contributed by atoms with Crippen molar-refractivity contribution in [1.29, 1.82) is 0 Å². The second-order valence-corrected chi connectivity index (χ2v) is 6.80. The average Bonchev–Trinajstić information content (AvgIpc) is 2.68. The van der Waals surface area contributed by atoms with Gasteiger partial charge in [-0.25, -0.2) is 0 Å². The molecule has 0 N–H and O–H groups in total. The lowest BCUT2D eigenvalue weighted by atomic mass is 9.89. The maximum absolute atomic E-state index is 12.4. The number of ether oxygens (including phenoxy) is 1. The summed E-state index contributed by atoms with van der Waals surface area (Å²) in [5.74, 6) is -0.299. The molecule has 4 heteroatoms. The van der Waals surface area contributed by atoms with Crippen molar-refractivity contribution in [1.82, 2.24) is 0 Å². The first-order chi connectivity index (χ1) is 12.6. The molecule has 0 aliphatic carbocycles. The van der Waals surface area contributed by atoms with Crippen LogP contribution in [0.15, 0.2) is 78.9 Å². The minimum Gasteiger partial charge on any atom is -0.461 e. The first-order valence-corrected chi connectivity index (χ1v) is 9.08. The van der Waals surface area contributed by atoms with Gasteiger partial charge in [0.05, 0.1) is 16.5 Å². The van der Waals surface area contributed by atoms with Crippen LogP contribution in [0.25, 0.3) is 0 Å². The van der Waals surface area contributed by atoms with Crippen LogP contribution in [0.5, 0.6) is 0 Å². The van der Waals surface area contributed by atoms with Crippen LogP contribution in [0.4, 0.5) is 0 Å². The molecule has 132 valence electrons. The number of hydrogen-bond donors (Lipinski definition) is 0. The Morgan fingerprint density at radius 2 is 1.38 bits per heavy atom. The lowest BCUT2D eigenvalue weighted by Crippen LogP contribution is -2.12. The van der Waals surface area contributed by atoms with Crippen LogP contribution in [-0.4, -0.2) is 5.97 Å². The van der Waals surface area contributed by atoms with Gasteiger partial charge in [0, 0.05) is 5.92 Å². The van der Waals surface area contributed by atoms with Gasteiger partial charge in [-0.1, -0.05) is 89.9 Å². The smallest absolute Gasteiger partial charge is 0.307 e. The molecule has 0 unspecified atom stereocenters. The van der Waals surface area contributed by atoms with E-state index in [9.17, 15) is 4.79 Å². The average molecular weight is 385 g/mol. The molecular formula is C22H18Cl2O2. The first-order valence-electron chi connectivity index (χ1n) is 8.33. The zero-order valence-electron chi connectivity index (χ0n) is 14.1. The maximum Gasteiger partial charge on any atom is 0.307 e. The molecule has 0 heterocycles. The lowest BCUT2D eigenvalue weighted by Gasteiger charge is -2.17. The van der Waals surface area contributed by atoms with E-state index in [-0.39, 0.29) is 24.9 Å². The summed E-state index contributed by atoms with van der Waals surface area (Å²) in [6.07, 6.45) is 0.273. The fourth-order valence-corrected chi connectivity index (χ4v) is 3.14. The van der Waals surface area contributed by atoms with Crippen LogP contribution in [0.3, 0.4) is 0 Å². The van der Waals surface area contributed by atoms with Gasteiger partial charge in [-0.2, -0.15) is 0 Å². The molecule has 0 saturated heterocycles. The fourth-order valence-electron chi connectivity index (χ4n) is 2.82. The van der Waals surface area contributed by atoms with Crippen molar-refractivity contribution in [2.75, 3.05) is 0 Å². The quantitative estimate of drug-likeness (QED) is 0.468. The number of rotatable bonds is 6. The summed E-state index contributed by atoms with van der Waals surface area (Å²) < 4.78 is 5.46. The molecular weight excluding hydrogens is 367 g/mol. The summed E-state index contributed by atoms with van der Waals surface area (Å²) in [6.45, 7) is 0.173. The minimum absolute atomic E-state index is 0.0429. The van der Waals surface area contributed by atoms with E-state index in [4.69, 9.17) is 27.9 Å². The molecule has 3 aromatic rings. The second kappa shape index (κ2) is 8.88. The van der Waals surface area contributed by atoms with E-state index >= 15 is 0 Å². The van der Waals surface area contributed by atoms with E-state index in [1.165, 1.54) is 0 Å². The number of carbonyl (C=O) groups excluding carboxylic acids is 1. The standard InChI is InChI=1S/C22H18Cl2O2/c23-20-12-11-16(13-21(20)24)15-26-22(25)14-19(17-7-3-1-4-8-17)18-9-5-2-6-10-18/h1-13,19H,14-15H2. The summed E-state index contributed by atoms with van der Waals surface area (Å²) in [5.41, 5.74) is 2.99. The van der Waals surface area contributed by atoms with Gasteiger partial charge in [-0.15, -0.1) is 0 Å². The molecule has 0 spiro atoms. The molecule has 3 aromatic carbocycles. The van der Waals surface area contributed by atoms with Gasteiger partial charge in [-0.3, -0.25) is 4.79 Å². The molecule has 0 bridgehead atoms. The number of hydrogen-bond acceptors (Lipinski definition) is 2. The van der Waals surface area contributed by atoms with Gasteiger partial charge < -0.3 is 4.74 Å². The van der Waals surface area contributed by atoms with Gasteiger partial charge in [-0.05, 0) is 28.8 Å². The summed E-state index contributed by atoms with van der Waals surface area (Å²) in [4.78, 5) is 12.4. The number of carbonyl (C=O) groups is 1. The van der Waals surface area contributed by atoms with E-state index in [1.54, 1.807) is 18.2 Å². The Balaban J connectivity index is 1.70. The Hall–Kier alpha value is -2.29. The summed E-state index contributed by atoms with van der Waals surface area (Å²) >= 11 is 11.9. The third kappa shape index (κ3) is 4.87. The Kier molecular flexibility index (Phi) is 6.32. The molecule has 0 atom stereocenters. The van der Waals surface area contributed by atoms with E-state index in [0.29, 0.717) is 10.0 Å². The van der Waals surface area contributed by atoms with Crippen molar-refractivity contribution < 1.29 is 9.53 Å². The fraction of sp³-hybridized carbons (Fsp3) is 0.136. The van der Waals surface area contributed by atoms with Gasteiger partial charge in [0.1, 0.15) is 6.61 Å². The highest BCUT2D eigenvalue weighted by atomic mass is 35.5. The maximum atomic E-state index is 12.4. The predicted molar refractivity (Wildman–Crippen MR) is 106 cm³/mol. The molecule has 0 fully saturated rings. The van der Waals surface area contributed by atoms with Crippen LogP contribution in [0, 0.1) is 0 Å². The summed E-state index contributed by atoms with van der Waals surface area (Å²) in [6, 6.07) is 25.2. The monoisotopic (exact) mass is 384 g/mol. The van der Waals surface area contributed by atoms with Gasteiger partial charge >= 0.3 is 5.97 Å². The SMILES string of the molecule is O=C(CC(c1ccccc1)c1ccccc1)OCc1ccc(Cl)c(Cl)c1.